The van der Waals surface area contributed by atoms with Crippen LogP contribution in [0.2, 0.25) is 0 Å². The lowest BCUT2D eigenvalue weighted by molar-refractivity contribution is 0.601. The van der Waals surface area contributed by atoms with Crippen molar-refractivity contribution < 1.29 is 8.42 Å². The Bertz CT molecular complexity index is 1070. The SMILES string of the molecule is N=C(N)c1ccc(CC(S)c2cccc(NS(=O)(=O)c3ccccc3)c2)cc1. The molecule has 0 heterocycles. The van der Waals surface area contributed by atoms with Crippen LogP contribution in [0.3, 0.4) is 0 Å². The quantitative estimate of drug-likeness (QED) is 0.269. The Morgan fingerprint density at radius 2 is 1.68 bits per heavy atom. The predicted molar refractivity (Wildman–Crippen MR) is 117 cm³/mol. The van der Waals surface area contributed by atoms with Crippen molar-refractivity contribution in [1.82, 2.24) is 0 Å². The molecule has 0 saturated heterocycles. The van der Waals surface area contributed by atoms with Crippen LogP contribution in [0.1, 0.15) is 21.9 Å². The van der Waals surface area contributed by atoms with E-state index in [-0.39, 0.29) is 16.0 Å². The zero-order valence-electron chi connectivity index (χ0n) is 15.0. The summed E-state index contributed by atoms with van der Waals surface area (Å²) in [6.45, 7) is 0. The standard InChI is InChI=1S/C21H21N3O2S2/c22-21(23)16-11-9-15(10-12-16)13-20(27)17-5-4-6-18(14-17)24-28(25,26)19-7-2-1-3-8-19/h1-12,14,20,24,27H,13H2,(H3,22,23). The molecule has 0 radical (unpaired) electrons. The molecule has 4 N–H and O–H groups in total. The highest BCUT2D eigenvalue weighted by molar-refractivity contribution is 7.92. The molecule has 144 valence electrons. The van der Waals surface area contributed by atoms with Crippen LogP contribution < -0.4 is 10.5 Å². The third kappa shape index (κ3) is 4.94. The molecule has 5 nitrogen and oxygen atoms in total. The van der Waals surface area contributed by atoms with Crippen molar-refractivity contribution in [1.29, 1.82) is 5.41 Å². The number of nitrogens with two attached hydrogens (primary N) is 1. The van der Waals surface area contributed by atoms with Gasteiger partial charge in [-0.1, -0.05) is 54.6 Å². The molecule has 3 aromatic rings. The lowest BCUT2D eigenvalue weighted by Gasteiger charge is -2.14. The van der Waals surface area contributed by atoms with Gasteiger partial charge in [0.15, 0.2) is 0 Å². The Balaban J connectivity index is 1.74. The first-order valence-corrected chi connectivity index (χ1v) is 10.6. The Morgan fingerprint density at radius 1 is 1.00 bits per heavy atom. The van der Waals surface area contributed by atoms with Crippen molar-refractivity contribution in [2.75, 3.05) is 4.72 Å². The number of hydrogen-bond acceptors (Lipinski definition) is 4. The number of nitrogen functional groups attached to an aromatic ring is 1. The van der Waals surface area contributed by atoms with Crippen LogP contribution in [0.4, 0.5) is 5.69 Å². The summed E-state index contributed by atoms with van der Waals surface area (Å²) in [6.07, 6.45) is 0.663. The maximum Gasteiger partial charge on any atom is 0.261 e. The van der Waals surface area contributed by atoms with Gasteiger partial charge >= 0.3 is 0 Å². The van der Waals surface area contributed by atoms with Crippen molar-refractivity contribution in [3.05, 3.63) is 95.6 Å². The number of sulfonamides is 1. The first-order chi connectivity index (χ1) is 13.3. The lowest BCUT2D eigenvalue weighted by atomic mass is 10.0. The smallest absolute Gasteiger partial charge is 0.261 e. The fourth-order valence-electron chi connectivity index (χ4n) is 2.78. The molecule has 0 amide bonds. The molecule has 0 aliphatic carbocycles. The second-order valence-electron chi connectivity index (χ2n) is 6.37. The van der Waals surface area contributed by atoms with Crippen LogP contribution in [0.5, 0.6) is 0 Å². The zero-order chi connectivity index (χ0) is 20.1. The third-order valence-corrected chi connectivity index (χ3v) is 6.15. The summed E-state index contributed by atoms with van der Waals surface area (Å²) in [4.78, 5) is 0.216. The Morgan fingerprint density at radius 3 is 2.32 bits per heavy atom. The lowest BCUT2D eigenvalue weighted by Crippen LogP contribution is -2.13. The minimum atomic E-state index is -3.63. The topological polar surface area (TPSA) is 96.0 Å². The van der Waals surface area contributed by atoms with E-state index in [1.54, 1.807) is 48.5 Å². The van der Waals surface area contributed by atoms with Crippen LogP contribution in [0, 0.1) is 5.41 Å². The summed E-state index contributed by atoms with van der Waals surface area (Å²) in [5, 5.41) is 7.34. The van der Waals surface area contributed by atoms with Gasteiger partial charge in [-0.2, -0.15) is 12.6 Å². The Hall–Kier alpha value is -2.77. The normalized spacial score (nSPS) is 12.3. The van der Waals surface area contributed by atoms with Crippen LogP contribution in [0.15, 0.2) is 83.8 Å². The average molecular weight is 412 g/mol. The number of anilines is 1. The molecule has 0 saturated carbocycles. The molecular weight excluding hydrogens is 390 g/mol. The average Bonchev–Trinajstić information content (AvgIpc) is 2.69. The van der Waals surface area contributed by atoms with E-state index in [1.165, 1.54) is 0 Å². The van der Waals surface area contributed by atoms with Gasteiger partial charge in [-0.3, -0.25) is 10.1 Å². The predicted octanol–water partition coefficient (Wildman–Crippen LogP) is 3.99. The van der Waals surface area contributed by atoms with Gasteiger partial charge in [0, 0.05) is 16.5 Å². The third-order valence-electron chi connectivity index (χ3n) is 4.27. The van der Waals surface area contributed by atoms with E-state index in [4.69, 9.17) is 11.1 Å². The fourth-order valence-corrected chi connectivity index (χ4v) is 4.23. The second-order valence-corrected chi connectivity index (χ2v) is 8.68. The molecule has 0 aromatic heterocycles. The number of benzene rings is 3. The molecule has 3 rings (SSSR count). The molecule has 1 atom stereocenters. The van der Waals surface area contributed by atoms with Crippen molar-refractivity contribution in [3.8, 4) is 0 Å². The minimum absolute atomic E-state index is 0.0346. The van der Waals surface area contributed by atoms with Crippen LogP contribution in [0.25, 0.3) is 0 Å². The number of amidine groups is 1. The van der Waals surface area contributed by atoms with Gasteiger partial charge in [-0.05, 0) is 41.8 Å². The molecule has 0 aliphatic heterocycles. The summed E-state index contributed by atoms with van der Waals surface area (Å²) >= 11 is 4.68. The summed E-state index contributed by atoms with van der Waals surface area (Å²) < 4.78 is 27.6. The molecular formula is C21H21N3O2S2. The first-order valence-electron chi connectivity index (χ1n) is 8.64. The highest BCUT2D eigenvalue weighted by Crippen LogP contribution is 2.27. The molecule has 0 fully saturated rings. The van der Waals surface area contributed by atoms with Crippen LogP contribution >= 0.6 is 12.6 Å². The fraction of sp³-hybridized carbons (Fsp3) is 0.0952. The minimum Gasteiger partial charge on any atom is -0.384 e. The van der Waals surface area contributed by atoms with E-state index in [9.17, 15) is 8.42 Å². The van der Waals surface area contributed by atoms with Crippen molar-refractivity contribution in [3.63, 3.8) is 0 Å². The van der Waals surface area contributed by atoms with E-state index in [0.29, 0.717) is 17.7 Å². The van der Waals surface area contributed by atoms with Crippen molar-refractivity contribution >= 4 is 34.2 Å². The molecule has 7 heteroatoms. The van der Waals surface area contributed by atoms with Crippen molar-refractivity contribution in [2.45, 2.75) is 16.6 Å². The van der Waals surface area contributed by atoms with Crippen molar-refractivity contribution in [2.24, 2.45) is 5.73 Å². The van der Waals surface area contributed by atoms with Crippen LogP contribution in [-0.4, -0.2) is 14.3 Å². The van der Waals surface area contributed by atoms with Gasteiger partial charge in [0.05, 0.1) is 4.90 Å². The summed E-state index contributed by atoms with van der Waals surface area (Å²) in [5.41, 5.74) is 8.61. The Labute approximate surface area is 170 Å². The molecule has 0 spiro atoms. The van der Waals surface area contributed by atoms with Gasteiger partial charge in [0.1, 0.15) is 5.84 Å². The number of nitrogens with one attached hydrogen (secondary N) is 2. The second kappa shape index (κ2) is 8.50. The van der Waals surface area contributed by atoms with Gasteiger partial charge in [-0.25, -0.2) is 8.42 Å². The number of thiol groups is 1. The Kier molecular flexibility index (Phi) is 6.06. The zero-order valence-corrected chi connectivity index (χ0v) is 16.8. The monoisotopic (exact) mass is 411 g/mol. The maximum atomic E-state index is 12.5. The van der Waals surface area contributed by atoms with Gasteiger partial charge < -0.3 is 5.73 Å². The van der Waals surface area contributed by atoms with E-state index < -0.39 is 10.0 Å². The maximum absolute atomic E-state index is 12.5. The van der Waals surface area contributed by atoms with Gasteiger partial charge in [0.2, 0.25) is 0 Å². The summed E-state index contributed by atoms with van der Waals surface area (Å²) in [7, 11) is -3.63. The molecule has 0 bridgehead atoms. The summed E-state index contributed by atoms with van der Waals surface area (Å²) in [5.74, 6) is 0.0346. The van der Waals surface area contributed by atoms with E-state index in [1.807, 2.05) is 30.3 Å². The molecule has 1 unspecified atom stereocenters. The van der Waals surface area contributed by atoms with E-state index >= 15 is 0 Å². The van der Waals surface area contributed by atoms with E-state index in [2.05, 4.69) is 17.4 Å². The van der Waals surface area contributed by atoms with E-state index in [0.717, 1.165) is 11.1 Å². The summed E-state index contributed by atoms with van der Waals surface area (Å²) in [6, 6.07) is 22.9. The highest BCUT2D eigenvalue weighted by atomic mass is 32.2. The molecule has 0 aliphatic rings. The molecule has 28 heavy (non-hydrogen) atoms. The van der Waals surface area contributed by atoms with Crippen LogP contribution in [-0.2, 0) is 16.4 Å². The first kappa shape index (κ1) is 20.0. The number of rotatable bonds is 7. The highest BCUT2D eigenvalue weighted by Gasteiger charge is 2.15. The molecule has 3 aromatic carbocycles. The van der Waals surface area contributed by atoms with Gasteiger partial charge in [-0.15, -0.1) is 0 Å². The largest absolute Gasteiger partial charge is 0.384 e. The number of hydrogen-bond donors (Lipinski definition) is 4. The van der Waals surface area contributed by atoms with Gasteiger partial charge in [0.25, 0.3) is 10.0 Å².